The average molecular weight is 232 g/mol. The number of aromatic hydroxyl groups is 1. The van der Waals surface area contributed by atoms with E-state index in [0.717, 1.165) is 0 Å². The topological polar surface area (TPSA) is 61.4 Å². The molecule has 17 heavy (non-hydrogen) atoms. The second-order valence-electron chi connectivity index (χ2n) is 4.28. The zero-order valence-corrected chi connectivity index (χ0v) is 9.73. The first-order valence-electron chi connectivity index (χ1n) is 5.69. The van der Waals surface area contributed by atoms with Gasteiger partial charge in [0, 0.05) is 6.20 Å². The summed E-state index contributed by atoms with van der Waals surface area (Å²) in [5, 5.41) is 14.7. The van der Waals surface area contributed by atoms with Crippen molar-refractivity contribution in [2.75, 3.05) is 5.32 Å². The van der Waals surface area contributed by atoms with Gasteiger partial charge in [-0.1, -0.05) is 17.7 Å². The maximum absolute atomic E-state index is 11.5. The van der Waals surface area contributed by atoms with E-state index in [1.165, 1.54) is 24.5 Å². The van der Waals surface area contributed by atoms with Gasteiger partial charge in [0.25, 0.3) is 0 Å². The summed E-state index contributed by atoms with van der Waals surface area (Å²) in [7, 11) is 0. The number of rotatable bonds is 3. The molecule has 4 heteroatoms. The van der Waals surface area contributed by atoms with E-state index in [-0.39, 0.29) is 11.8 Å². The average Bonchev–Trinajstić information content (AvgIpc) is 3.13. The van der Waals surface area contributed by atoms with Crippen LogP contribution in [0.5, 0.6) is 5.75 Å². The van der Waals surface area contributed by atoms with Gasteiger partial charge >= 0.3 is 6.03 Å². The predicted molar refractivity (Wildman–Crippen MR) is 66.7 cm³/mol. The SMILES string of the molecule is C/C(=C\NC(=O)Nc1ccccc1O)C1CC1. The Morgan fingerprint density at radius 2 is 2.12 bits per heavy atom. The number of anilines is 1. The fraction of sp³-hybridized carbons (Fsp3) is 0.308. The largest absolute Gasteiger partial charge is 0.506 e. The van der Waals surface area contributed by atoms with Crippen LogP contribution in [-0.2, 0) is 0 Å². The van der Waals surface area contributed by atoms with Crippen LogP contribution in [0, 0.1) is 5.92 Å². The number of carbonyl (C=O) groups excluding carboxylic acids is 1. The van der Waals surface area contributed by atoms with E-state index in [1.807, 2.05) is 6.92 Å². The molecule has 0 bridgehead atoms. The summed E-state index contributed by atoms with van der Waals surface area (Å²) in [6, 6.07) is 6.29. The highest BCUT2D eigenvalue weighted by molar-refractivity contribution is 5.91. The molecule has 0 atom stereocenters. The zero-order chi connectivity index (χ0) is 12.3. The first kappa shape index (κ1) is 11.5. The Bertz CT molecular complexity index is 450. The number of amides is 2. The summed E-state index contributed by atoms with van der Waals surface area (Å²) in [5.41, 5.74) is 1.60. The lowest BCUT2D eigenvalue weighted by Crippen LogP contribution is -2.24. The third-order valence-electron chi connectivity index (χ3n) is 2.80. The van der Waals surface area contributed by atoms with Crippen molar-refractivity contribution < 1.29 is 9.90 Å². The summed E-state index contributed by atoms with van der Waals surface area (Å²) in [6.45, 7) is 2.01. The van der Waals surface area contributed by atoms with E-state index in [9.17, 15) is 9.90 Å². The Kier molecular flexibility index (Phi) is 3.32. The van der Waals surface area contributed by atoms with E-state index >= 15 is 0 Å². The van der Waals surface area contributed by atoms with Crippen molar-refractivity contribution in [3.05, 3.63) is 36.0 Å². The van der Waals surface area contributed by atoms with Crippen LogP contribution >= 0.6 is 0 Å². The molecule has 2 amide bonds. The number of allylic oxidation sites excluding steroid dienone is 1. The Hall–Kier alpha value is -1.97. The molecule has 0 aromatic heterocycles. The Labute approximate surface area is 100 Å². The fourth-order valence-electron chi connectivity index (χ4n) is 1.57. The van der Waals surface area contributed by atoms with Gasteiger partial charge in [-0.2, -0.15) is 0 Å². The molecular weight excluding hydrogens is 216 g/mol. The highest BCUT2D eigenvalue weighted by Crippen LogP contribution is 2.35. The smallest absolute Gasteiger partial charge is 0.323 e. The summed E-state index contributed by atoms with van der Waals surface area (Å²) in [5.74, 6) is 0.700. The number of urea groups is 1. The molecule has 0 heterocycles. The van der Waals surface area contributed by atoms with Crippen molar-refractivity contribution in [1.82, 2.24) is 5.32 Å². The molecule has 1 aromatic carbocycles. The first-order chi connectivity index (χ1) is 8.16. The zero-order valence-electron chi connectivity index (χ0n) is 9.73. The van der Waals surface area contributed by atoms with E-state index in [1.54, 1.807) is 24.4 Å². The molecule has 4 nitrogen and oxygen atoms in total. The number of para-hydroxylation sites is 2. The molecule has 0 spiro atoms. The van der Waals surface area contributed by atoms with Gasteiger partial charge < -0.3 is 15.7 Å². The first-order valence-corrected chi connectivity index (χ1v) is 5.69. The van der Waals surface area contributed by atoms with Gasteiger partial charge in [-0.15, -0.1) is 0 Å². The molecule has 1 saturated carbocycles. The molecule has 3 N–H and O–H groups in total. The molecule has 1 aliphatic rings. The normalized spacial score (nSPS) is 15.5. The third-order valence-corrected chi connectivity index (χ3v) is 2.80. The van der Waals surface area contributed by atoms with Crippen LogP contribution in [0.1, 0.15) is 19.8 Å². The lowest BCUT2D eigenvalue weighted by molar-refractivity contribution is 0.255. The Morgan fingerprint density at radius 1 is 1.41 bits per heavy atom. The minimum atomic E-state index is -0.341. The van der Waals surface area contributed by atoms with Gasteiger partial charge in [0.05, 0.1) is 5.69 Å². The van der Waals surface area contributed by atoms with Crippen molar-refractivity contribution >= 4 is 11.7 Å². The lowest BCUT2D eigenvalue weighted by Gasteiger charge is -2.06. The summed E-state index contributed by atoms with van der Waals surface area (Å²) in [6.07, 6.45) is 4.16. The van der Waals surface area contributed by atoms with E-state index in [4.69, 9.17) is 0 Å². The van der Waals surface area contributed by atoms with Crippen LogP contribution in [0.4, 0.5) is 10.5 Å². The second kappa shape index (κ2) is 4.91. The number of benzene rings is 1. The maximum atomic E-state index is 11.5. The highest BCUT2D eigenvalue weighted by atomic mass is 16.3. The molecule has 0 saturated heterocycles. The molecule has 1 aromatic rings. The van der Waals surface area contributed by atoms with Crippen LogP contribution in [0.2, 0.25) is 0 Å². The number of hydrogen-bond acceptors (Lipinski definition) is 2. The second-order valence-corrected chi connectivity index (χ2v) is 4.28. The number of phenols is 1. The van der Waals surface area contributed by atoms with Gasteiger partial charge in [-0.05, 0) is 37.8 Å². The van der Waals surface area contributed by atoms with Crippen LogP contribution in [0.25, 0.3) is 0 Å². The van der Waals surface area contributed by atoms with Gasteiger partial charge in [-0.3, -0.25) is 0 Å². The van der Waals surface area contributed by atoms with E-state index in [0.29, 0.717) is 11.6 Å². The number of carbonyl (C=O) groups is 1. The fourth-order valence-corrected chi connectivity index (χ4v) is 1.57. The number of nitrogens with one attached hydrogen (secondary N) is 2. The monoisotopic (exact) mass is 232 g/mol. The summed E-state index contributed by atoms with van der Waals surface area (Å²) in [4.78, 5) is 11.5. The van der Waals surface area contributed by atoms with Crippen molar-refractivity contribution in [3.63, 3.8) is 0 Å². The molecule has 0 aliphatic heterocycles. The molecule has 0 unspecified atom stereocenters. The molecule has 0 radical (unpaired) electrons. The lowest BCUT2D eigenvalue weighted by atomic mass is 10.2. The number of hydrogen-bond donors (Lipinski definition) is 3. The van der Waals surface area contributed by atoms with E-state index < -0.39 is 0 Å². The van der Waals surface area contributed by atoms with Crippen molar-refractivity contribution in [3.8, 4) is 5.75 Å². The molecule has 2 rings (SSSR count). The minimum absolute atomic E-state index is 0.0607. The maximum Gasteiger partial charge on any atom is 0.323 e. The summed E-state index contributed by atoms with van der Waals surface area (Å²) >= 11 is 0. The van der Waals surface area contributed by atoms with E-state index in [2.05, 4.69) is 10.6 Å². The van der Waals surface area contributed by atoms with Crippen LogP contribution in [0.3, 0.4) is 0 Å². The van der Waals surface area contributed by atoms with Gasteiger partial charge in [0.1, 0.15) is 5.75 Å². The minimum Gasteiger partial charge on any atom is -0.506 e. The van der Waals surface area contributed by atoms with Crippen LogP contribution < -0.4 is 10.6 Å². The van der Waals surface area contributed by atoms with Crippen LogP contribution in [-0.4, -0.2) is 11.1 Å². The van der Waals surface area contributed by atoms with Crippen molar-refractivity contribution in [2.24, 2.45) is 5.92 Å². The predicted octanol–water partition coefficient (Wildman–Crippen LogP) is 2.83. The number of phenolic OH excluding ortho intramolecular Hbond substituents is 1. The Balaban J connectivity index is 1.89. The summed E-state index contributed by atoms with van der Waals surface area (Å²) < 4.78 is 0. The van der Waals surface area contributed by atoms with Gasteiger partial charge in [0.15, 0.2) is 0 Å². The Morgan fingerprint density at radius 3 is 2.76 bits per heavy atom. The standard InChI is InChI=1S/C13H16N2O2/c1-9(10-6-7-10)8-14-13(17)15-11-4-2-3-5-12(11)16/h2-5,8,10,16H,6-7H2,1H3,(H2,14,15,17)/b9-8+. The molecule has 1 fully saturated rings. The highest BCUT2D eigenvalue weighted by Gasteiger charge is 2.22. The molecule has 90 valence electrons. The van der Waals surface area contributed by atoms with Gasteiger partial charge in [-0.25, -0.2) is 4.79 Å². The van der Waals surface area contributed by atoms with Gasteiger partial charge in [0.2, 0.25) is 0 Å². The quantitative estimate of drug-likeness (QED) is 0.702. The molecule has 1 aliphatic carbocycles. The third kappa shape index (κ3) is 3.24. The van der Waals surface area contributed by atoms with Crippen molar-refractivity contribution in [2.45, 2.75) is 19.8 Å². The van der Waals surface area contributed by atoms with Crippen LogP contribution in [0.15, 0.2) is 36.0 Å². The molecular formula is C13H16N2O2. The van der Waals surface area contributed by atoms with Crippen molar-refractivity contribution in [1.29, 1.82) is 0 Å².